The number of hydrogen-bond donors (Lipinski definition) is 1. The zero-order valence-electron chi connectivity index (χ0n) is 10.1. The van der Waals surface area contributed by atoms with E-state index in [1.165, 1.54) is 0 Å². The Labute approximate surface area is 87.7 Å². The van der Waals surface area contributed by atoms with Gasteiger partial charge in [-0.3, -0.25) is 0 Å². The van der Waals surface area contributed by atoms with Crippen LogP contribution in [0.1, 0.15) is 34.6 Å². The number of rotatable bonds is 3. The molecule has 14 heavy (non-hydrogen) atoms. The van der Waals surface area contributed by atoms with Crippen LogP contribution in [0.5, 0.6) is 0 Å². The maximum Gasteiger partial charge on any atom is 0.0553 e. The number of ether oxygens (including phenoxy) is 1. The summed E-state index contributed by atoms with van der Waals surface area (Å²) in [6.07, 6.45) is 0. The lowest BCUT2D eigenvalue weighted by Gasteiger charge is -2.56. The fourth-order valence-electron chi connectivity index (χ4n) is 2.55. The molecule has 0 bridgehead atoms. The van der Waals surface area contributed by atoms with E-state index in [1.807, 2.05) is 0 Å². The third-order valence-corrected chi connectivity index (χ3v) is 3.92. The highest BCUT2D eigenvalue weighted by atomic mass is 16.5. The molecule has 1 rings (SSSR count). The van der Waals surface area contributed by atoms with Crippen molar-refractivity contribution in [1.82, 2.24) is 0 Å². The van der Waals surface area contributed by atoms with E-state index in [-0.39, 0.29) is 17.4 Å². The first kappa shape index (κ1) is 12.0. The van der Waals surface area contributed by atoms with Crippen LogP contribution in [0.25, 0.3) is 0 Å². The van der Waals surface area contributed by atoms with Gasteiger partial charge in [0.05, 0.1) is 13.2 Å². The van der Waals surface area contributed by atoms with Crippen molar-refractivity contribution in [3.05, 3.63) is 0 Å². The summed E-state index contributed by atoms with van der Waals surface area (Å²) in [5.74, 6) is 0.874. The van der Waals surface area contributed by atoms with Crippen LogP contribution in [0.2, 0.25) is 0 Å². The summed E-state index contributed by atoms with van der Waals surface area (Å²) in [5.41, 5.74) is 0.388. The predicted octanol–water partition coefficient (Wildman–Crippen LogP) is 2.31. The fourth-order valence-corrected chi connectivity index (χ4v) is 2.55. The smallest absolute Gasteiger partial charge is 0.0553 e. The molecular weight excluding hydrogens is 176 g/mol. The molecule has 0 saturated carbocycles. The molecule has 84 valence electrons. The lowest BCUT2D eigenvalue weighted by molar-refractivity contribution is -0.217. The Bertz CT molecular complexity index is 187. The molecule has 0 amide bonds. The first-order valence-electron chi connectivity index (χ1n) is 5.54. The second kappa shape index (κ2) is 3.82. The molecule has 0 aliphatic carbocycles. The number of hydrogen-bond acceptors (Lipinski definition) is 2. The van der Waals surface area contributed by atoms with Gasteiger partial charge >= 0.3 is 0 Å². The van der Waals surface area contributed by atoms with Crippen molar-refractivity contribution in [2.45, 2.75) is 34.6 Å². The summed E-state index contributed by atoms with van der Waals surface area (Å²) in [5, 5.41) is 9.50. The van der Waals surface area contributed by atoms with Gasteiger partial charge in [-0.05, 0) is 17.3 Å². The summed E-state index contributed by atoms with van der Waals surface area (Å²) in [6, 6.07) is 0. The second-order valence-electron chi connectivity index (χ2n) is 5.93. The van der Waals surface area contributed by atoms with Crippen molar-refractivity contribution in [2.75, 3.05) is 19.8 Å². The third kappa shape index (κ3) is 1.70. The third-order valence-electron chi connectivity index (χ3n) is 3.92. The van der Waals surface area contributed by atoms with Gasteiger partial charge in [0.2, 0.25) is 0 Å². The van der Waals surface area contributed by atoms with E-state index in [9.17, 15) is 5.11 Å². The second-order valence-corrected chi connectivity index (χ2v) is 5.93. The highest BCUT2D eigenvalue weighted by Crippen LogP contribution is 2.52. The Kier molecular flexibility index (Phi) is 3.27. The van der Waals surface area contributed by atoms with Gasteiger partial charge in [-0.25, -0.2) is 0 Å². The summed E-state index contributed by atoms with van der Waals surface area (Å²) < 4.78 is 5.39. The summed E-state index contributed by atoms with van der Waals surface area (Å²) >= 11 is 0. The minimum atomic E-state index is 0.177. The summed E-state index contributed by atoms with van der Waals surface area (Å²) in [4.78, 5) is 0. The lowest BCUT2D eigenvalue weighted by Crippen LogP contribution is -2.58. The van der Waals surface area contributed by atoms with Gasteiger partial charge in [0, 0.05) is 12.0 Å². The SMILES string of the molecule is CC(C)C(CO)C1(C(C)(C)C)COC1. The topological polar surface area (TPSA) is 29.5 Å². The van der Waals surface area contributed by atoms with E-state index in [0.717, 1.165) is 13.2 Å². The number of aliphatic hydroxyl groups is 1. The van der Waals surface area contributed by atoms with Gasteiger partial charge < -0.3 is 9.84 Å². The molecule has 1 fully saturated rings. The molecule has 0 aromatic heterocycles. The van der Waals surface area contributed by atoms with E-state index < -0.39 is 0 Å². The molecule has 0 spiro atoms. The largest absolute Gasteiger partial charge is 0.396 e. The Morgan fingerprint density at radius 1 is 1.29 bits per heavy atom. The van der Waals surface area contributed by atoms with Crippen LogP contribution in [0.3, 0.4) is 0 Å². The van der Waals surface area contributed by atoms with Crippen LogP contribution in [-0.2, 0) is 4.74 Å². The normalized spacial score (nSPS) is 23.4. The van der Waals surface area contributed by atoms with E-state index in [1.54, 1.807) is 0 Å². The van der Waals surface area contributed by atoms with Crippen molar-refractivity contribution in [3.63, 3.8) is 0 Å². The molecule has 0 aromatic carbocycles. The fraction of sp³-hybridized carbons (Fsp3) is 1.00. The van der Waals surface area contributed by atoms with Crippen LogP contribution in [-0.4, -0.2) is 24.9 Å². The first-order chi connectivity index (χ1) is 6.35. The van der Waals surface area contributed by atoms with Gasteiger partial charge in [0.1, 0.15) is 0 Å². The zero-order valence-corrected chi connectivity index (χ0v) is 10.1. The van der Waals surface area contributed by atoms with Crippen molar-refractivity contribution in [3.8, 4) is 0 Å². The number of aliphatic hydroxyl groups excluding tert-OH is 1. The van der Waals surface area contributed by atoms with Gasteiger partial charge in [-0.1, -0.05) is 34.6 Å². The molecule has 0 radical (unpaired) electrons. The zero-order chi connectivity index (χ0) is 11.0. The predicted molar refractivity (Wildman–Crippen MR) is 58.1 cm³/mol. The van der Waals surface area contributed by atoms with E-state index in [4.69, 9.17) is 4.74 Å². The molecular formula is C12H24O2. The van der Waals surface area contributed by atoms with Gasteiger partial charge in [0.25, 0.3) is 0 Å². The standard InChI is InChI=1S/C12H24O2/c1-9(2)10(6-13)12(7-14-8-12)11(3,4)5/h9-10,13H,6-8H2,1-5H3. The summed E-state index contributed by atoms with van der Waals surface area (Å²) in [7, 11) is 0. The highest BCUT2D eigenvalue weighted by molar-refractivity contribution is 5.00. The molecule has 1 N–H and O–H groups in total. The van der Waals surface area contributed by atoms with Crippen molar-refractivity contribution >= 4 is 0 Å². The highest BCUT2D eigenvalue weighted by Gasteiger charge is 2.53. The molecule has 1 unspecified atom stereocenters. The average molecular weight is 200 g/mol. The summed E-state index contributed by atoms with van der Waals surface area (Å²) in [6.45, 7) is 13.0. The maximum absolute atomic E-state index is 9.50. The molecule has 1 aliphatic rings. The molecule has 2 nitrogen and oxygen atoms in total. The molecule has 0 aromatic rings. The van der Waals surface area contributed by atoms with Crippen LogP contribution < -0.4 is 0 Å². The minimum absolute atomic E-state index is 0.177. The maximum atomic E-state index is 9.50. The van der Waals surface area contributed by atoms with Crippen molar-refractivity contribution in [1.29, 1.82) is 0 Å². The quantitative estimate of drug-likeness (QED) is 0.757. The van der Waals surface area contributed by atoms with E-state index in [0.29, 0.717) is 11.8 Å². The van der Waals surface area contributed by atoms with Crippen molar-refractivity contribution in [2.24, 2.45) is 22.7 Å². The average Bonchev–Trinajstić information content (AvgIpc) is 1.92. The van der Waals surface area contributed by atoms with E-state index >= 15 is 0 Å². The van der Waals surface area contributed by atoms with Crippen LogP contribution in [0.15, 0.2) is 0 Å². The van der Waals surface area contributed by atoms with Gasteiger partial charge in [-0.15, -0.1) is 0 Å². The Hall–Kier alpha value is -0.0800. The Morgan fingerprint density at radius 2 is 1.79 bits per heavy atom. The molecule has 1 saturated heterocycles. The van der Waals surface area contributed by atoms with Crippen LogP contribution in [0.4, 0.5) is 0 Å². The Balaban J connectivity index is 2.88. The lowest BCUT2D eigenvalue weighted by atomic mass is 9.56. The molecule has 2 heteroatoms. The van der Waals surface area contributed by atoms with Gasteiger partial charge in [-0.2, -0.15) is 0 Å². The van der Waals surface area contributed by atoms with Crippen LogP contribution in [0, 0.1) is 22.7 Å². The monoisotopic (exact) mass is 200 g/mol. The molecule has 1 aliphatic heterocycles. The Morgan fingerprint density at radius 3 is 1.86 bits per heavy atom. The van der Waals surface area contributed by atoms with E-state index in [2.05, 4.69) is 34.6 Å². The van der Waals surface area contributed by atoms with Crippen LogP contribution >= 0.6 is 0 Å². The molecule has 1 atom stereocenters. The van der Waals surface area contributed by atoms with Crippen molar-refractivity contribution < 1.29 is 9.84 Å². The minimum Gasteiger partial charge on any atom is -0.396 e. The molecule has 1 heterocycles. The van der Waals surface area contributed by atoms with Gasteiger partial charge in [0.15, 0.2) is 0 Å². The first-order valence-corrected chi connectivity index (χ1v) is 5.54.